The van der Waals surface area contributed by atoms with Crippen molar-refractivity contribution in [2.75, 3.05) is 6.54 Å². The molecule has 1 heterocycles. The normalized spacial score (nSPS) is 30.9. The Morgan fingerprint density at radius 2 is 1.78 bits per heavy atom. The number of allylic oxidation sites excluding steroid dienone is 1. The topological polar surface area (TPSA) is 38.3 Å². The van der Waals surface area contributed by atoms with E-state index in [4.69, 9.17) is 4.43 Å². The summed E-state index contributed by atoms with van der Waals surface area (Å²) in [5.41, 5.74) is 0. The van der Waals surface area contributed by atoms with Crippen LogP contribution in [-0.2, 0) is 9.22 Å². The zero-order valence-corrected chi connectivity index (χ0v) is 19.8. The SMILES string of the molecule is C=C[C@H]1C(=O)NCCC[C@@H](C)CCC[C@@H](C)/C=C/[C@@H]1O[Si](C)(C)C(C)(C)C. The summed E-state index contributed by atoms with van der Waals surface area (Å²) in [7, 11) is -2.00. The molecule has 156 valence electrons. The van der Waals surface area contributed by atoms with Crippen LogP contribution in [-0.4, -0.2) is 26.9 Å². The first-order chi connectivity index (χ1) is 12.5. The fourth-order valence-corrected chi connectivity index (χ4v) is 4.51. The minimum Gasteiger partial charge on any atom is -0.409 e. The molecule has 0 aromatic carbocycles. The van der Waals surface area contributed by atoms with Crippen LogP contribution in [0.15, 0.2) is 24.8 Å². The van der Waals surface area contributed by atoms with Crippen LogP contribution in [0, 0.1) is 17.8 Å². The number of rotatable bonds is 3. The molecule has 4 atom stereocenters. The predicted octanol–water partition coefficient (Wildman–Crippen LogP) is 6.09. The smallest absolute Gasteiger partial charge is 0.229 e. The van der Waals surface area contributed by atoms with Gasteiger partial charge in [0, 0.05) is 6.54 Å². The molecule has 27 heavy (non-hydrogen) atoms. The van der Waals surface area contributed by atoms with E-state index in [1.807, 2.05) is 0 Å². The van der Waals surface area contributed by atoms with Gasteiger partial charge in [-0.2, -0.15) is 0 Å². The summed E-state index contributed by atoms with van der Waals surface area (Å²) in [5.74, 6) is 0.920. The maximum Gasteiger partial charge on any atom is 0.229 e. The van der Waals surface area contributed by atoms with E-state index in [0.29, 0.717) is 5.92 Å². The van der Waals surface area contributed by atoms with Crippen LogP contribution in [0.4, 0.5) is 0 Å². The Hall–Kier alpha value is -0.873. The first-order valence-corrected chi connectivity index (χ1v) is 13.6. The average molecular weight is 394 g/mol. The largest absolute Gasteiger partial charge is 0.409 e. The second-order valence-electron chi connectivity index (χ2n) is 9.94. The van der Waals surface area contributed by atoms with Crippen molar-refractivity contribution in [3.05, 3.63) is 24.8 Å². The predicted molar refractivity (Wildman–Crippen MR) is 119 cm³/mol. The maximum atomic E-state index is 12.8. The molecule has 1 aliphatic rings. The molecule has 0 unspecified atom stereocenters. The molecule has 3 nitrogen and oxygen atoms in total. The van der Waals surface area contributed by atoms with Crippen molar-refractivity contribution in [3.8, 4) is 0 Å². The van der Waals surface area contributed by atoms with Gasteiger partial charge in [0.2, 0.25) is 5.91 Å². The molecule has 1 aliphatic heterocycles. The molecule has 0 aliphatic carbocycles. The number of amides is 1. The number of carbonyl (C=O) groups excluding carboxylic acids is 1. The van der Waals surface area contributed by atoms with E-state index in [-0.39, 0.29) is 23.0 Å². The Kier molecular flexibility index (Phi) is 9.50. The first-order valence-electron chi connectivity index (χ1n) is 10.7. The molecule has 0 spiro atoms. The molecule has 0 saturated heterocycles. The Morgan fingerprint density at radius 1 is 1.15 bits per heavy atom. The Bertz CT molecular complexity index is 507. The Labute approximate surface area is 169 Å². The molecule has 0 radical (unpaired) electrons. The van der Waals surface area contributed by atoms with Crippen molar-refractivity contribution in [2.24, 2.45) is 17.8 Å². The summed E-state index contributed by atoms with van der Waals surface area (Å²) < 4.78 is 6.66. The van der Waals surface area contributed by atoms with E-state index < -0.39 is 8.32 Å². The molecular formula is C23H43NO2Si. The molecule has 0 aromatic heterocycles. The third-order valence-corrected chi connectivity index (χ3v) is 10.8. The van der Waals surface area contributed by atoms with Gasteiger partial charge in [0.15, 0.2) is 8.32 Å². The molecule has 1 rings (SSSR count). The van der Waals surface area contributed by atoms with Gasteiger partial charge in [0.1, 0.15) is 0 Å². The maximum absolute atomic E-state index is 12.8. The Morgan fingerprint density at radius 3 is 2.37 bits per heavy atom. The van der Waals surface area contributed by atoms with Crippen molar-refractivity contribution >= 4 is 14.2 Å². The molecule has 1 amide bonds. The van der Waals surface area contributed by atoms with E-state index in [1.54, 1.807) is 6.08 Å². The van der Waals surface area contributed by atoms with Crippen molar-refractivity contribution in [3.63, 3.8) is 0 Å². The fourth-order valence-electron chi connectivity index (χ4n) is 3.25. The van der Waals surface area contributed by atoms with Gasteiger partial charge in [-0.05, 0) is 49.2 Å². The third-order valence-electron chi connectivity index (χ3n) is 6.31. The highest BCUT2D eigenvalue weighted by Gasteiger charge is 2.40. The molecule has 4 heteroatoms. The standard InChI is InChI=1S/C23H43NO2Si/c1-9-20-21(26-27(7,8)23(4,5)6)16-15-19(3)13-10-12-18(2)14-11-17-24-22(20)25/h9,15-16,18-21H,1,10-14,17H2,2-8H3,(H,24,25)/b16-15+/t18-,19+,20+,21-/m0/s1. The summed E-state index contributed by atoms with van der Waals surface area (Å²) >= 11 is 0. The molecule has 0 aromatic rings. The lowest BCUT2D eigenvalue weighted by Gasteiger charge is -2.40. The van der Waals surface area contributed by atoms with Gasteiger partial charge in [-0.25, -0.2) is 0 Å². The van der Waals surface area contributed by atoms with Crippen LogP contribution >= 0.6 is 0 Å². The van der Waals surface area contributed by atoms with Gasteiger partial charge in [0.25, 0.3) is 0 Å². The third kappa shape index (κ3) is 7.95. The summed E-state index contributed by atoms with van der Waals surface area (Å²) in [6, 6.07) is 0. The van der Waals surface area contributed by atoms with E-state index >= 15 is 0 Å². The summed E-state index contributed by atoms with van der Waals surface area (Å²) in [6.07, 6.45) is 11.8. The average Bonchev–Trinajstić information content (AvgIpc) is 2.55. The van der Waals surface area contributed by atoms with Gasteiger partial charge in [-0.1, -0.05) is 65.7 Å². The summed E-state index contributed by atoms with van der Waals surface area (Å²) in [6.45, 7) is 20.5. The first kappa shape index (κ1) is 24.2. The molecule has 0 fully saturated rings. The fraction of sp³-hybridized carbons (Fsp3) is 0.783. The highest BCUT2D eigenvalue weighted by Crippen LogP contribution is 2.38. The number of nitrogens with one attached hydrogen (secondary N) is 1. The summed E-state index contributed by atoms with van der Waals surface area (Å²) in [5, 5.41) is 3.22. The summed E-state index contributed by atoms with van der Waals surface area (Å²) in [4.78, 5) is 12.8. The van der Waals surface area contributed by atoms with Gasteiger partial charge in [-0.3, -0.25) is 4.79 Å². The minimum absolute atomic E-state index is 0.0377. The van der Waals surface area contributed by atoms with Gasteiger partial charge in [0.05, 0.1) is 12.0 Å². The van der Waals surface area contributed by atoms with Crippen LogP contribution < -0.4 is 5.32 Å². The van der Waals surface area contributed by atoms with E-state index in [0.717, 1.165) is 18.9 Å². The quantitative estimate of drug-likeness (QED) is 0.465. The van der Waals surface area contributed by atoms with Crippen LogP contribution in [0.1, 0.15) is 66.7 Å². The Balaban J connectivity index is 3.07. The molecular weight excluding hydrogens is 350 g/mol. The molecule has 0 saturated carbocycles. The van der Waals surface area contributed by atoms with E-state index in [2.05, 4.69) is 71.8 Å². The molecule has 1 N–H and O–H groups in total. The second kappa shape index (κ2) is 10.6. The number of hydrogen-bond donors (Lipinski definition) is 1. The van der Waals surface area contributed by atoms with Crippen molar-refractivity contribution in [2.45, 2.75) is 91.0 Å². The van der Waals surface area contributed by atoms with Crippen molar-refractivity contribution < 1.29 is 9.22 Å². The zero-order chi connectivity index (χ0) is 20.7. The van der Waals surface area contributed by atoms with E-state index in [1.165, 1.54) is 25.7 Å². The van der Waals surface area contributed by atoms with Crippen LogP contribution in [0.5, 0.6) is 0 Å². The van der Waals surface area contributed by atoms with Crippen LogP contribution in [0.3, 0.4) is 0 Å². The lowest BCUT2D eigenvalue weighted by atomic mass is 9.93. The number of hydrogen-bond acceptors (Lipinski definition) is 2. The van der Waals surface area contributed by atoms with Crippen molar-refractivity contribution in [1.82, 2.24) is 5.32 Å². The minimum atomic E-state index is -2.00. The lowest BCUT2D eigenvalue weighted by molar-refractivity contribution is -0.125. The monoisotopic (exact) mass is 393 g/mol. The lowest BCUT2D eigenvalue weighted by Crippen LogP contribution is -2.47. The highest BCUT2D eigenvalue weighted by atomic mass is 28.4. The number of carbonyl (C=O) groups is 1. The highest BCUT2D eigenvalue weighted by molar-refractivity contribution is 6.74. The van der Waals surface area contributed by atoms with Crippen LogP contribution in [0.2, 0.25) is 18.1 Å². The van der Waals surface area contributed by atoms with Crippen LogP contribution in [0.25, 0.3) is 0 Å². The van der Waals surface area contributed by atoms with Crippen molar-refractivity contribution in [1.29, 1.82) is 0 Å². The molecule has 0 bridgehead atoms. The van der Waals surface area contributed by atoms with Gasteiger partial charge >= 0.3 is 0 Å². The zero-order valence-electron chi connectivity index (χ0n) is 18.8. The van der Waals surface area contributed by atoms with Gasteiger partial charge in [-0.15, -0.1) is 6.58 Å². The van der Waals surface area contributed by atoms with Gasteiger partial charge < -0.3 is 9.74 Å². The van der Waals surface area contributed by atoms with E-state index in [9.17, 15) is 4.79 Å². The second-order valence-corrected chi connectivity index (χ2v) is 14.7.